The zero-order valence-electron chi connectivity index (χ0n) is 10.4. The number of aromatic nitrogens is 2. The van der Waals surface area contributed by atoms with Crippen LogP contribution in [-0.2, 0) is 13.5 Å². The molecule has 2 aromatic rings. The molecule has 0 saturated carbocycles. The van der Waals surface area contributed by atoms with Crippen molar-refractivity contribution in [3.05, 3.63) is 47.5 Å². The van der Waals surface area contributed by atoms with Crippen molar-refractivity contribution in [1.82, 2.24) is 15.1 Å². The highest BCUT2D eigenvalue weighted by molar-refractivity contribution is 7.80. The monoisotopic (exact) mass is 279 g/mol. The summed E-state index contributed by atoms with van der Waals surface area (Å²) in [7, 11) is 1.84. The molecule has 1 aromatic carbocycles. The Kier molecular flexibility index (Phi) is 4.21. The fraction of sp³-hybridized carbons (Fsp3) is 0.231. The molecule has 1 amide bonds. The Bertz CT molecular complexity index is 597. The first-order valence-corrected chi connectivity index (χ1v) is 6.25. The maximum absolute atomic E-state index is 13.0. The Morgan fingerprint density at radius 3 is 2.95 bits per heavy atom. The molecule has 1 heterocycles. The molecule has 0 bridgehead atoms. The first-order valence-electron chi connectivity index (χ1n) is 5.80. The molecule has 0 unspecified atom stereocenters. The summed E-state index contributed by atoms with van der Waals surface area (Å²) in [6, 6.07) is 4.09. The van der Waals surface area contributed by atoms with Crippen LogP contribution in [-0.4, -0.2) is 22.2 Å². The number of hydrogen-bond donors (Lipinski definition) is 2. The number of aryl methyl sites for hydroxylation is 1. The van der Waals surface area contributed by atoms with Crippen molar-refractivity contribution in [2.24, 2.45) is 7.05 Å². The quantitative estimate of drug-likeness (QED) is 0.839. The Balaban J connectivity index is 1.89. The number of rotatable bonds is 4. The summed E-state index contributed by atoms with van der Waals surface area (Å²) in [5.74, 6) is -0.672. The third-order valence-corrected chi connectivity index (χ3v) is 3.01. The highest BCUT2D eigenvalue weighted by Crippen LogP contribution is 2.14. The second-order valence-electron chi connectivity index (χ2n) is 4.19. The minimum atomic E-state index is -0.435. The molecule has 0 aliphatic heterocycles. The minimum Gasteiger partial charge on any atom is -0.352 e. The summed E-state index contributed by atoms with van der Waals surface area (Å²) in [6.45, 7) is 0.504. The van der Waals surface area contributed by atoms with E-state index in [2.05, 4.69) is 23.0 Å². The van der Waals surface area contributed by atoms with E-state index >= 15 is 0 Å². The van der Waals surface area contributed by atoms with Gasteiger partial charge in [0.1, 0.15) is 5.82 Å². The van der Waals surface area contributed by atoms with Crippen LogP contribution >= 0.6 is 12.6 Å². The average molecular weight is 279 g/mol. The van der Waals surface area contributed by atoms with E-state index in [1.165, 1.54) is 18.2 Å². The molecule has 0 atom stereocenters. The third kappa shape index (κ3) is 3.57. The molecule has 0 saturated heterocycles. The average Bonchev–Trinajstić information content (AvgIpc) is 2.78. The molecule has 1 aromatic heterocycles. The first-order chi connectivity index (χ1) is 9.06. The van der Waals surface area contributed by atoms with Crippen LogP contribution in [0.3, 0.4) is 0 Å². The van der Waals surface area contributed by atoms with Gasteiger partial charge in [0, 0.05) is 30.2 Å². The fourth-order valence-electron chi connectivity index (χ4n) is 1.68. The van der Waals surface area contributed by atoms with Crippen molar-refractivity contribution < 1.29 is 9.18 Å². The lowest BCUT2D eigenvalue weighted by atomic mass is 10.2. The van der Waals surface area contributed by atoms with Crippen LogP contribution in [0.25, 0.3) is 0 Å². The second kappa shape index (κ2) is 5.88. The maximum Gasteiger partial charge on any atom is 0.251 e. The van der Waals surface area contributed by atoms with E-state index in [1.807, 2.05) is 13.2 Å². The molecule has 0 aliphatic carbocycles. The van der Waals surface area contributed by atoms with Crippen molar-refractivity contribution in [2.75, 3.05) is 6.54 Å². The summed E-state index contributed by atoms with van der Waals surface area (Å²) in [5, 5.41) is 6.82. The Labute approximate surface area is 116 Å². The van der Waals surface area contributed by atoms with Crippen LogP contribution in [0.15, 0.2) is 35.5 Å². The van der Waals surface area contributed by atoms with E-state index in [9.17, 15) is 9.18 Å². The van der Waals surface area contributed by atoms with E-state index in [0.717, 1.165) is 5.56 Å². The zero-order valence-corrected chi connectivity index (χ0v) is 11.3. The van der Waals surface area contributed by atoms with E-state index in [4.69, 9.17) is 0 Å². The third-order valence-electron chi connectivity index (χ3n) is 2.67. The van der Waals surface area contributed by atoms with Crippen LogP contribution in [0.4, 0.5) is 4.39 Å². The van der Waals surface area contributed by atoms with E-state index in [-0.39, 0.29) is 10.8 Å². The van der Waals surface area contributed by atoms with Crippen LogP contribution in [0.1, 0.15) is 15.9 Å². The molecule has 0 radical (unpaired) electrons. The molecular weight excluding hydrogens is 265 g/mol. The number of amides is 1. The van der Waals surface area contributed by atoms with Gasteiger partial charge in [-0.3, -0.25) is 9.48 Å². The number of halogens is 1. The molecule has 0 aliphatic rings. The van der Waals surface area contributed by atoms with Crippen LogP contribution in [0.2, 0.25) is 0 Å². The molecular formula is C13H14FN3OS. The normalized spacial score (nSPS) is 10.5. The molecule has 19 heavy (non-hydrogen) atoms. The summed E-state index contributed by atoms with van der Waals surface area (Å²) in [6.07, 6.45) is 4.36. The molecule has 0 fully saturated rings. The summed E-state index contributed by atoms with van der Waals surface area (Å²) in [5.41, 5.74) is 1.45. The molecule has 1 N–H and O–H groups in total. The van der Waals surface area contributed by atoms with Crippen LogP contribution < -0.4 is 5.32 Å². The van der Waals surface area contributed by atoms with Crippen LogP contribution in [0.5, 0.6) is 0 Å². The van der Waals surface area contributed by atoms with Gasteiger partial charge in [-0.05, 0) is 30.2 Å². The maximum atomic E-state index is 13.0. The number of nitrogens with one attached hydrogen (secondary N) is 1. The predicted molar refractivity (Wildman–Crippen MR) is 72.9 cm³/mol. The summed E-state index contributed by atoms with van der Waals surface area (Å²) < 4.78 is 14.7. The number of carbonyl (C=O) groups is 1. The largest absolute Gasteiger partial charge is 0.352 e. The lowest BCUT2D eigenvalue weighted by Gasteiger charge is -2.05. The van der Waals surface area contributed by atoms with Crippen molar-refractivity contribution in [2.45, 2.75) is 11.3 Å². The zero-order chi connectivity index (χ0) is 13.8. The smallest absolute Gasteiger partial charge is 0.251 e. The van der Waals surface area contributed by atoms with Gasteiger partial charge in [-0.25, -0.2) is 4.39 Å². The number of nitrogens with zero attached hydrogens (tertiary/aromatic N) is 2. The number of thiol groups is 1. The Morgan fingerprint density at radius 2 is 2.32 bits per heavy atom. The van der Waals surface area contributed by atoms with Gasteiger partial charge in [0.05, 0.1) is 6.20 Å². The van der Waals surface area contributed by atoms with Gasteiger partial charge < -0.3 is 5.32 Å². The number of hydrogen-bond acceptors (Lipinski definition) is 3. The Morgan fingerprint density at radius 1 is 1.53 bits per heavy atom. The van der Waals surface area contributed by atoms with E-state index in [1.54, 1.807) is 10.9 Å². The van der Waals surface area contributed by atoms with Gasteiger partial charge in [-0.1, -0.05) is 0 Å². The minimum absolute atomic E-state index is 0.167. The van der Waals surface area contributed by atoms with Crippen molar-refractivity contribution in [3.8, 4) is 0 Å². The van der Waals surface area contributed by atoms with Gasteiger partial charge >= 0.3 is 0 Å². The highest BCUT2D eigenvalue weighted by Gasteiger charge is 2.07. The van der Waals surface area contributed by atoms with Crippen molar-refractivity contribution in [3.63, 3.8) is 0 Å². The van der Waals surface area contributed by atoms with E-state index < -0.39 is 5.82 Å². The summed E-state index contributed by atoms with van der Waals surface area (Å²) >= 11 is 3.95. The molecule has 6 heteroatoms. The van der Waals surface area contributed by atoms with Gasteiger partial charge in [0.15, 0.2) is 0 Å². The number of benzene rings is 1. The standard InChI is InChI=1S/C13H14FN3OS/c1-17-8-9(7-16-17)4-5-15-13(18)10-2-3-11(14)12(19)6-10/h2-3,6-8,19H,4-5H2,1H3,(H,15,18). The van der Waals surface area contributed by atoms with E-state index in [0.29, 0.717) is 18.5 Å². The highest BCUT2D eigenvalue weighted by atomic mass is 32.1. The van der Waals surface area contributed by atoms with Crippen molar-refractivity contribution in [1.29, 1.82) is 0 Å². The lowest BCUT2D eigenvalue weighted by Crippen LogP contribution is -2.25. The van der Waals surface area contributed by atoms with Crippen molar-refractivity contribution >= 4 is 18.5 Å². The van der Waals surface area contributed by atoms with Gasteiger partial charge in [0.25, 0.3) is 5.91 Å². The molecule has 0 spiro atoms. The fourth-order valence-corrected chi connectivity index (χ4v) is 1.89. The Hall–Kier alpha value is -1.82. The van der Waals surface area contributed by atoms with Crippen LogP contribution in [0, 0.1) is 5.82 Å². The van der Waals surface area contributed by atoms with Gasteiger partial charge in [0.2, 0.25) is 0 Å². The first kappa shape index (κ1) is 13.6. The molecule has 100 valence electrons. The second-order valence-corrected chi connectivity index (χ2v) is 4.68. The summed E-state index contributed by atoms with van der Waals surface area (Å²) in [4.78, 5) is 12.0. The van der Waals surface area contributed by atoms with Gasteiger partial charge in [-0.2, -0.15) is 5.10 Å². The number of carbonyl (C=O) groups excluding carboxylic acids is 1. The SMILES string of the molecule is Cn1cc(CCNC(=O)c2ccc(F)c(S)c2)cn1. The topological polar surface area (TPSA) is 46.9 Å². The lowest BCUT2D eigenvalue weighted by molar-refractivity contribution is 0.0954. The molecule has 2 rings (SSSR count). The predicted octanol–water partition coefficient (Wildman–Crippen LogP) is 1.82. The molecule has 4 nitrogen and oxygen atoms in total. The van der Waals surface area contributed by atoms with Gasteiger partial charge in [-0.15, -0.1) is 12.6 Å².